The van der Waals surface area contributed by atoms with Crippen LogP contribution < -0.4 is 5.73 Å². The number of carbonyl (C=O) groups is 1. The zero-order valence-corrected chi connectivity index (χ0v) is 13.9. The van der Waals surface area contributed by atoms with E-state index in [9.17, 15) is 10.1 Å². The van der Waals surface area contributed by atoms with Gasteiger partial charge < -0.3 is 15.2 Å². The molecule has 110 valence electrons. The number of rotatable bonds is 3. The molecule has 1 atom stereocenters. The summed E-state index contributed by atoms with van der Waals surface area (Å²) in [7, 11) is 0. The Morgan fingerprint density at radius 1 is 1.62 bits per heavy atom. The van der Waals surface area contributed by atoms with Crippen LogP contribution in [0.4, 0.5) is 0 Å². The average Bonchev–Trinajstić information content (AvgIpc) is 2.84. The molecule has 2 rings (SSSR count). The molecule has 0 radical (unpaired) electrons. The van der Waals surface area contributed by atoms with E-state index in [2.05, 4.69) is 15.9 Å². The van der Waals surface area contributed by atoms with E-state index >= 15 is 0 Å². The van der Waals surface area contributed by atoms with Crippen LogP contribution in [0.2, 0.25) is 0 Å². The van der Waals surface area contributed by atoms with Crippen molar-refractivity contribution in [3.05, 3.63) is 43.6 Å². The summed E-state index contributed by atoms with van der Waals surface area (Å²) in [5, 5.41) is 9.37. The third-order valence-electron chi connectivity index (χ3n) is 2.98. The SMILES string of the molecule is CCOC(=O)C1=C(C)OC(N)=C(C#N)C1c1ccc(Br)s1. The normalized spacial score (nSPS) is 18.3. The van der Waals surface area contributed by atoms with Crippen LogP contribution in [0.25, 0.3) is 0 Å². The Morgan fingerprint density at radius 3 is 2.86 bits per heavy atom. The van der Waals surface area contributed by atoms with Crippen molar-refractivity contribution in [3.63, 3.8) is 0 Å². The zero-order chi connectivity index (χ0) is 15.6. The van der Waals surface area contributed by atoms with Crippen LogP contribution in [0.15, 0.2) is 38.7 Å². The Balaban J connectivity index is 2.57. The number of esters is 1. The van der Waals surface area contributed by atoms with Crippen LogP contribution in [0.3, 0.4) is 0 Å². The van der Waals surface area contributed by atoms with Crippen molar-refractivity contribution >= 4 is 33.2 Å². The van der Waals surface area contributed by atoms with Crippen molar-refractivity contribution in [1.29, 1.82) is 5.26 Å². The number of halogens is 1. The van der Waals surface area contributed by atoms with Crippen LogP contribution in [-0.2, 0) is 14.3 Å². The quantitative estimate of drug-likeness (QED) is 0.828. The molecule has 2 N–H and O–H groups in total. The van der Waals surface area contributed by atoms with Crippen molar-refractivity contribution in [2.75, 3.05) is 6.61 Å². The summed E-state index contributed by atoms with van der Waals surface area (Å²) in [6, 6.07) is 5.75. The van der Waals surface area contributed by atoms with Gasteiger partial charge in [0.2, 0.25) is 5.88 Å². The monoisotopic (exact) mass is 368 g/mol. The summed E-state index contributed by atoms with van der Waals surface area (Å²) >= 11 is 4.82. The van der Waals surface area contributed by atoms with Gasteiger partial charge in [0.15, 0.2) is 0 Å². The molecule has 0 aromatic carbocycles. The molecule has 0 saturated carbocycles. The highest BCUT2D eigenvalue weighted by Crippen LogP contribution is 2.42. The molecule has 5 nitrogen and oxygen atoms in total. The van der Waals surface area contributed by atoms with Gasteiger partial charge in [-0.05, 0) is 41.9 Å². The highest BCUT2D eigenvalue weighted by Gasteiger charge is 2.37. The summed E-state index contributed by atoms with van der Waals surface area (Å²) in [4.78, 5) is 13.1. The van der Waals surface area contributed by atoms with E-state index in [-0.39, 0.29) is 18.1 Å². The third-order valence-corrected chi connectivity index (χ3v) is 4.67. The molecule has 0 bridgehead atoms. The van der Waals surface area contributed by atoms with E-state index in [1.54, 1.807) is 13.8 Å². The maximum Gasteiger partial charge on any atom is 0.338 e. The molecule has 0 aliphatic carbocycles. The number of allylic oxidation sites excluding steroid dienone is 2. The Labute approximate surface area is 134 Å². The van der Waals surface area contributed by atoms with Gasteiger partial charge in [-0.1, -0.05) is 0 Å². The highest BCUT2D eigenvalue weighted by molar-refractivity contribution is 9.11. The zero-order valence-electron chi connectivity index (χ0n) is 11.5. The molecule has 2 heterocycles. The Hall–Kier alpha value is -1.78. The maximum absolute atomic E-state index is 12.2. The predicted molar refractivity (Wildman–Crippen MR) is 82.0 cm³/mol. The maximum atomic E-state index is 12.2. The number of nitrogens with zero attached hydrogens (tertiary/aromatic N) is 1. The van der Waals surface area contributed by atoms with E-state index in [4.69, 9.17) is 15.2 Å². The largest absolute Gasteiger partial charge is 0.463 e. The first-order valence-electron chi connectivity index (χ1n) is 6.20. The minimum Gasteiger partial charge on any atom is -0.463 e. The molecule has 0 amide bonds. The number of hydrogen-bond donors (Lipinski definition) is 1. The van der Waals surface area contributed by atoms with Crippen LogP contribution in [0.1, 0.15) is 24.6 Å². The summed E-state index contributed by atoms with van der Waals surface area (Å²) in [5.74, 6) is -0.666. The van der Waals surface area contributed by atoms with E-state index < -0.39 is 11.9 Å². The van der Waals surface area contributed by atoms with Crippen molar-refractivity contribution in [2.45, 2.75) is 19.8 Å². The first-order valence-corrected chi connectivity index (χ1v) is 7.81. The lowest BCUT2D eigenvalue weighted by Crippen LogP contribution is -2.25. The lowest BCUT2D eigenvalue weighted by atomic mass is 9.87. The van der Waals surface area contributed by atoms with E-state index in [1.807, 2.05) is 18.2 Å². The molecular weight excluding hydrogens is 356 g/mol. The fourth-order valence-electron chi connectivity index (χ4n) is 2.12. The van der Waals surface area contributed by atoms with Gasteiger partial charge in [-0.2, -0.15) is 5.26 Å². The Morgan fingerprint density at radius 2 is 2.33 bits per heavy atom. The predicted octanol–water partition coefficient (Wildman–Crippen LogP) is 3.16. The molecule has 1 aromatic heterocycles. The minimum atomic E-state index is -0.556. The molecule has 7 heteroatoms. The van der Waals surface area contributed by atoms with Crippen molar-refractivity contribution < 1.29 is 14.3 Å². The smallest absolute Gasteiger partial charge is 0.338 e. The minimum absolute atomic E-state index is 0.0255. The average molecular weight is 369 g/mol. The number of nitrogens with two attached hydrogens (primary N) is 1. The van der Waals surface area contributed by atoms with Gasteiger partial charge in [-0.3, -0.25) is 0 Å². The summed E-state index contributed by atoms with van der Waals surface area (Å²) < 4.78 is 11.3. The van der Waals surface area contributed by atoms with Crippen LogP contribution >= 0.6 is 27.3 Å². The third kappa shape index (κ3) is 2.96. The Bertz CT molecular complexity index is 685. The van der Waals surface area contributed by atoms with Gasteiger partial charge in [0.1, 0.15) is 17.4 Å². The molecule has 0 saturated heterocycles. The standard InChI is InChI=1S/C14H13BrN2O3S/c1-3-19-14(18)11-7(2)20-13(17)8(6-16)12(11)9-4-5-10(15)21-9/h4-5,12H,3,17H2,1-2H3. The van der Waals surface area contributed by atoms with Crippen molar-refractivity contribution in [3.8, 4) is 6.07 Å². The van der Waals surface area contributed by atoms with Gasteiger partial charge in [-0.15, -0.1) is 11.3 Å². The van der Waals surface area contributed by atoms with E-state index in [1.165, 1.54) is 11.3 Å². The van der Waals surface area contributed by atoms with E-state index in [0.717, 1.165) is 8.66 Å². The fraction of sp³-hybridized carbons (Fsp3) is 0.286. The second-order valence-corrected chi connectivity index (χ2v) is 6.75. The van der Waals surface area contributed by atoms with E-state index in [0.29, 0.717) is 11.3 Å². The number of thiophene rings is 1. The number of nitriles is 1. The second kappa shape index (κ2) is 6.33. The number of carbonyl (C=O) groups excluding carboxylic acids is 1. The van der Waals surface area contributed by atoms with Gasteiger partial charge in [0.05, 0.1) is 21.9 Å². The van der Waals surface area contributed by atoms with Gasteiger partial charge in [0.25, 0.3) is 0 Å². The number of hydrogen-bond acceptors (Lipinski definition) is 6. The van der Waals surface area contributed by atoms with Crippen molar-refractivity contribution in [1.82, 2.24) is 0 Å². The number of ether oxygens (including phenoxy) is 2. The molecule has 1 aromatic rings. The highest BCUT2D eigenvalue weighted by atomic mass is 79.9. The molecule has 1 unspecified atom stereocenters. The van der Waals surface area contributed by atoms with Crippen LogP contribution in [0, 0.1) is 11.3 Å². The van der Waals surface area contributed by atoms with Gasteiger partial charge in [0, 0.05) is 4.88 Å². The molecule has 21 heavy (non-hydrogen) atoms. The lowest BCUT2D eigenvalue weighted by Gasteiger charge is -2.25. The molecule has 1 aliphatic heterocycles. The molecule has 0 spiro atoms. The summed E-state index contributed by atoms with van der Waals surface area (Å²) in [6.45, 7) is 3.62. The van der Waals surface area contributed by atoms with Crippen molar-refractivity contribution in [2.24, 2.45) is 5.73 Å². The summed E-state index contributed by atoms with van der Waals surface area (Å²) in [6.07, 6.45) is 0. The van der Waals surface area contributed by atoms with Crippen LogP contribution in [-0.4, -0.2) is 12.6 Å². The lowest BCUT2D eigenvalue weighted by molar-refractivity contribution is -0.139. The topological polar surface area (TPSA) is 85.3 Å². The van der Waals surface area contributed by atoms with Gasteiger partial charge >= 0.3 is 5.97 Å². The first-order chi connectivity index (χ1) is 9.99. The molecule has 1 aliphatic rings. The summed E-state index contributed by atoms with van der Waals surface area (Å²) in [5.41, 5.74) is 6.33. The first kappa shape index (κ1) is 15.6. The van der Waals surface area contributed by atoms with Crippen LogP contribution in [0.5, 0.6) is 0 Å². The Kier molecular flexibility index (Phi) is 4.70. The second-order valence-electron chi connectivity index (χ2n) is 4.26. The van der Waals surface area contributed by atoms with Gasteiger partial charge in [-0.25, -0.2) is 4.79 Å². The fourth-order valence-corrected chi connectivity index (χ4v) is 3.67. The molecular formula is C14H13BrN2O3S. The molecule has 0 fully saturated rings.